The number of thioether (sulfide) groups is 1. The summed E-state index contributed by atoms with van der Waals surface area (Å²) in [5.74, 6) is -9.96. The molecule has 1 rings (SSSR count). The van der Waals surface area contributed by atoms with Crippen molar-refractivity contribution in [1.82, 2.24) is 42.5 Å². The van der Waals surface area contributed by atoms with Gasteiger partial charge in [-0.3, -0.25) is 52.7 Å². The van der Waals surface area contributed by atoms with Crippen LogP contribution in [0, 0.1) is 0 Å². The molecule has 0 radical (unpaired) electrons. The van der Waals surface area contributed by atoms with Gasteiger partial charge < -0.3 is 81.4 Å². The van der Waals surface area contributed by atoms with Gasteiger partial charge in [-0.15, -0.1) is 11.8 Å². The van der Waals surface area contributed by atoms with Crippen LogP contribution in [0.5, 0.6) is 5.75 Å². The van der Waals surface area contributed by atoms with Crippen molar-refractivity contribution in [2.24, 2.45) is 28.7 Å². The maximum atomic E-state index is 13.7. The fourth-order valence-corrected chi connectivity index (χ4v) is 9.09. The number of carboxylic acids is 1. The minimum absolute atomic E-state index is 0.0230. The number of nitrogens with one attached hydrogen (secondary N) is 8. The number of carbonyl (C=O) groups excluding carboxylic acids is 10. The van der Waals surface area contributed by atoms with Gasteiger partial charge in [0, 0.05) is 37.5 Å². The van der Waals surface area contributed by atoms with Crippen molar-refractivity contribution >= 4 is 98.4 Å². The first-order valence-corrected chi connectivity index (χ1v) is 25.6. The molecule has 392 valence electrons. The van der Waals surface area contributed by atoms with Gasteiger partial charge in [-0.2, -0.15) is 0 Å². The molecule has 0 aromatic heterocycles. The van der Waals surface area contributed by atoms with Crippen LogP contribution in [-0.4, -0.2) is 160 Å². The maximum absolute atomic E-state index is 13.7. The highest BCUT2D eigenvalue weighted by Gasteiger charge is 2.33. The average molecular weight is 1050 g/mol. The summed E-state index contributed by atoms with van der Waals surface area (Å²) in [6, 6.07) is -3.54. The summed E-state index contributed by atoms with van der Waals surface area (Å²) in [6.45, 7) is 2.58. The molecule has 0 fully saturated rings. The first-order chi connectivity index (χ1) is 33.1. The number of aliphatic carboxylic acids is 1. The molecule has 26 nitrogen and oxygen atoms in total. The number of primary amides is 2. The number of phenols is 1. The van der Waals surface area contributed by atoms with Crippen molar-refractivity contribution in [3.8, 4) is 5.75 Å². The Kier molecular flexibility index (Phi) is 30.6. The Morgan fingerprint density at radius 1 is 0.571 bits per heavy atom. The van der Waals surface area contributed by atoms with Gasteiger partial charge >= 0.3 is 5.97 Å². The third-order valence-electron chi connectivity index (χ3n) is 9.61. The second-order valence-corrected chi connectivity index (χ2v) is 19.2. The lowest BCUT2D eigenvalue weighted by Crippen LogP contribution is -2.59. The Hall–Kier alpha value is -5.88. The quantitative estimate of drug-likeness (QED) is 0.0170. The van der Waals surface area contributed by atoms with E-state index in [1.54, 1.807) is 0 Å². The topological polar surface area (TPSA) is 455 Å². The molecule has 1 aromatic carbocycles. The number of carbonyl (C=O) groups is 11. The standard InChI is InChI=1S/C41H67N13O13S3/c1-22(55)48-21-68-19-32(54-40(66)30(16-34(59)60)52-39(65)29(49-23(2)56)15-24-9-11-25(57)12-10-24)41(67)53-31(36(46)62)20-70-69-18-26(44)37(63)51-28(8-4-6-14-43)38(64)47-17-33(58)50-27(35(45)61)7-3-5-13-42/h9-12,26-32,57H,3-8,13-21,42-44H2,1-2H3,(H2,45,61)(H2,46,62)(H,47,64)(H,48,55)(H,49,56)(H,50,58)(H,51,63)(H,52,65)(H,53,67)(H,54,66)(H,59,60)/t26-,27-,28-,29-,30-,31-,32-/m0/s1. The Morgan fingerprint density at radius 3 is 1.66 bits per heavy atom. The van der Waals surface area contributed by atoms with E-state index in [-0.39, 0.29) is 48.1 Å². The van der Waals surface area contributed by atoms with Gasteiger partial charge in [-0.05, 0) is 69.3 Å². The zero-order valence-electron chi connectivity index (χ0n) is 39.0. The average Bonchev–Trinajstić information content (AvgIpc) is 3.28. The van der Waals surface area contributed by atoms with Gasteiger partial charge in [0.25, 0.3) is 0 Å². The fraction of sp³-hybridized carbons (Fsp3) is 0.585. The van der Waals surface area contributed by atoms with Gasteiger partial charge in [-0.1, -0.05) is 33.7 Å². The molecule has 0 aliphatic carbocycles. The maximum Gasteiger partial charge on any atom is 0.305 e. The summed E-state index contributed by atoms with van der Waals surface area (Å²) in [4.78, 5) is 139. The third-order valence-corrected chi connectivity index (χ3v) is 13.0. The number of carboxylic acid groups (broad SMARTS) is 1. The number of nitrogens with two attached hydrogens (primary N) is 5. The van der Waals surface area contributed by atoms with Crippen molar-refractivity contribution in [1.29, 1.82) is 0 Å². The molecule has 20 N–H and O–H groups in total. The van der Waals surface area contributed by atoms with Gasteiger partial charge in [-0.25, -0.2) is 0 Å². The monoisotopic (exact) mass is 1050 g/mol. The third kappa shape index (κ3) is 26.8. The predicted molar refractivity (Wildman–Crippen MR) is 263 cm³/mol. The van der Waals surface area contributed by atoms with Crippen molar-refractivity contribution in [3.63, 3.8) is 0 Å². The van der Waals surface area contributed by atoms with Crippen molar-refractivity contribution < 1.29 is 63.0 Å². The zero-order chi connectivity index (χ0) is 52.8. The summed E-state index contributed by atoms with van der Waals surface area (Å²) in [6.07, 6.45) is 1.46. The largest absolute Gasteiger partial charge is 0.508 e. The molecule has 1 aromatic rings. The summed E-state index contributed by atoms with van der Waals surface area (Å²) in [5, 5.41) is 38.8. The molecule has 0 saturated heterocycles. The second-order valence-electron chi connectivity index (χ2n) is 15.6. The van der Waals surface area contributed by atoms with Gasteiger partial charge in [0.15, 0.2) is 0 Å². The number of amides is 10. The van der Waals surface area contributed by atoms with Crippen LogP contribution < -0.4 is 71.2 Å². The highest BCUT2D eigenvalue weighted by Crippen LogP contribution is 2.23. The number of benzene rings is 1. The van der Waals surface area contributed by atoms with Crippen LogP contribution in [0.1, 0.15) is 64.4 Å². The van der Waals surface area contributed by atoms with Crippen molar-refractivity contribution in [2.45, 2.75) is 108 Å². The van der Waals surface area contributed by atoms with E-state index in [0.29, 0.717) is 44.3 Å². The van der Waals surface area contributed by atoms with E-state index in [1.807, 2.05) is 0 Å². The lowest BCUT2D eigenvalue weighted by atomic mass is 10.0. The minimum atomic E-state index is -1.78. The van der Waals surface area contributed by atoms with Crippen LogP contribution in [0.3, 0.4) is 0 Å². The Balaban J connectivity index is 3.03. The molecular weight excluding hydrogens is 979 g/mol. The normalized spacial score (nSPS) is 13.8. The van der Waals surface area contributed by atoms with E-state index in [0.717, 1.165) is 40.3 Å². The molecule has 29 heteroatoms. The minimum Gasteiger partial charge on any atom is -0.508 e. The predicted octanol–water partition coefficient (Wildman–Crippen LogP) is -4.78. The lowest BCUT2D eigenvalue weighted by molar-refractivity contribution is -0.141. The first kappa shape index (κ1) is 62.1. The van der Waals surface area contributed by atoms with E-state index < -0.39 is 120 Å². The SMILES string of the molecule is CC(=O)NCSC[C@H](NC(=O)[C@H](CC(=O)O)NC(=O)[C@H](Cc1ccc(O)cc1)NC(C)=O)C(=O)N[C@@H](CSSC[C@H](N)C(=O)N[C@@H](CCCCN)C(=O)NCC(=O)N[C@@H](CCCCN)C(N)=O)C(N)=O. The molecular formula is C41H67N13O13S3. The second kappa shape index (κ2) is 34.4. The summed E-state index contributed by atoms with van der Waals surface area (Å²) in [7, 11) is 2.01. The summed E-state index contributed by atoms with van der Waals surface area (Å²) >= 11 is 0.976. The number of rotatable bonds is 36. The number of hydrogen-bond donors (Lipinski definition) is 15. The summed E-state index contributed by atoms with van der Waals surface area (Å²) < 4.78 is 0. The fourth-order valence-electron chi connectivity index (χ4n) is 5.90. The van der Waals surface area contributed by atoms with Crippen LogP contribution >= 0.6 is 33.3 Å². The van der Waals surface area contributed by atoms with Crippen LogP contribution in [0.4, 0.5) is 0 Å². The summed E-state index contributed by atoms with van der Waals surface area (Å²) in [5.41, 5.74) is 28.7. The highest BCUT2D eigenvalue weighted by atomic mass is 33.1. The van der Waals surface area contributed by atoms with Crippen LogP contribution in [0.2, 0.25) is 0 Å². The number of hydrogen-bond acceptors (Lipinski definition) is 18. The van der Waals surface area contributed by atoms with E-state index in [2.05, 4.69) is 42.5 Å². The number of unbranched alkanes of at least 4 members (excludes halogenated alkanes) is 2. The first-order valence-electron chi connectivity index (χ1n) is 21.9. The van der Waals surface area contributed by atoms with Crippen LogP contribution in [0.15, 0.2) is 24.3 Å². The number of phenolic OH excluding ortho intramolecular Hbond substituents is 1. The van der Waals surface area contributed by atoms with Crippen molar-refractivity contribution in [3.05, 3.63) is 29.8 Å². The molecule has 0 spiro atoms. The van der Waals surface area contributed by atoms with Gasteiger partial charge in [0.2, 0.25) is 59.1 Å². The van der Waals surface area contributed by atoms with E-state index >= 15 is 0 Å². The molecule has 0 bridgehead atoms. The molecule has 10 amide bonds. The van der Waals surface area contributed by atoms with E-state index in [4.69, 9.17) is 28.7 Å². The van der Waals surface area contributed by atoms with Gasteiger partial charge in [0.1, 0.15) is 42.0 Å². The Morgan fingerprint density at radius 2 is 1.10 bits per heavy atom. The molecule has 7 atom stereocenters. The smallest absolute Gasteiger partial charge is 0.305 e. The molecule has 0 heterocycles. The molecule has 0 aliphatic heterocycles. The molecule has 70 heavy (non-hydrogen) atoms. The Labute approximate surface area is 416 Å². The van der Waals surface area contributed by atoms with Crippen molar-refractivity contribution in [2.75, 3.05) is 42.8 Å². The van der Waals surface area contributed by atoms with Crippen LogP contribution in [-0.2, 0) is 59.2 Å². The highest BCUT2D eigenvalue weighted by molar-refractivity contribution is 8.76. The number of aromatic hydroxyl groups is 1. The molecule has 0 aliphatic rings. The molecule has 0 unspecified atom stereocenters. The van der Waals surface area contributed by atoms with Gasteiger partial charge in [0.05, 0.1) is 24.9 Å². The van der Waals surface area contributed by atoms with E-state index in [9.17, 15) is 63.0 Å². The Bertz CT molecular complexity index is 1940. The van der Waals surface area contributed by atoms with Crippen LogP contribution in [0.25, 0.3) is 0 Å². The zero-order valence-corrected chi connectivity index (χ0v) is 41.4. The van der Waals surface area contributed by atoms with E-state index in [1.165, 1.54) is 31.2 Å². The molecule has 0 saturated carbocycles. The lowest BCUT2D eigenvalue weighted by Gasteiger charge is -2.25.